The molecule has 138 valence electrons. The molecule has 1 N–H and O–H groups in total. The minimum absolute atomic E-state index is 0.129. The zero-order valence-electron chi connectivity index (χ0n) is 14.7. The zero-order valence-corrected chi connectivity index (χ0v) is 15.5. The molecule has 1 aliphatic rings. The Balaban J connectivity index is 1.62. The first-order valence-corrected chi connectivity index (χ1v) is 10.6. The maximum absolute atomic E-state index is 11.6. The molecule has 0 amide bonds. The van der Waals surface area contributed by atoms with E-state index >= 15 is 0 Å². The highest BCUT2D eigenvalue weighted by atomic mass is 32.2. The van der Waals surface area contributed by atoms with Gasteiger partial charge < -0.3 is 5.43 Å². The number of rotatable bonds is 5. The molecule has 1 fully saturated rings. The van der Waals surface area contributed by atoms with E-state index < -0.39 is 9.84 Å². The first kappa shape index (κ1) is 17.5. The van der Waals surface area contributed by atoms with Crippen LogP contribution in [0.25, 0.3) is 16.9 Å². The van der Waals surface area contributed by atoms with Crippen LogP contribution in [0.4, 0.5) is 0 Å². The maximum Gasteiger partial charge on any atom is 0.152 e. The van der Waals surface area contributed by atoms with Crippen LogP contribution in [-0.4, -0.2) is 42.0 Å². The lowest BCUT2D eigenvalue weighted by Gasteiger charge is -2.05. The Morgan fingerprint density at radius 3 is 2.44 bits per heavy atom. The molecule has 1 aliphatic heterocycles. The fourth-order valence-corrected chi connectivity index (χ4v) is 4.79. The molecule has 0 radical (unpaired) electrons. The fourth-order valence-electron chi connectivity index (χ4n) is 3.12. The van der Waals surface area contributed by atoms with Gasteiger partial charge in [-0.15, -0.1) is 0 Å². The van der Waals surface area contributed by atoms with Crippen molar-refractivity contribution in [2.75, 3.05) is 11.5 Å². The molecule has 2 heterocycles. The van der Waals surface area contributed by atoms with Gasteiger partial charge in [0.25, 0.3) is 0 Å². The van der Waals surface area contributed by atoms with Crippen molar-refractivity contribution >= 4 is 16.1 Å². The van der Waals surface area contributed by atoms with E-state index in [0.717, 1.165) is 22.5 Å². The summed E-state index contributed by atoms with van der Waals surface area (Å²) in [6.07, 6.45) is 4.22. The number of para-hydroxylation sites is 1. The van der Waals surface area contributed by atoms with Gasteiger partial charge in [-0.05, 0) is 18.6 Å². The van der Waals surface area contributed by atoms with Gasteiger partial charge in [0.2, 0.25) is 0 Å². The van der Waals surface area contributed by atoms with E-state index in [1.165, 1.54) is 0 Å². The van der Waals surface area contributed by atoms with Crippen LogP contribution < -0.4 is 5.43 Å². The molecule has 1 unspecified atom stereocenters. The van der Waals surface area contributed by atoms with Gasteiger partial charge in [0, 0.05) is 17.3 Å². The first-order valence-electron chi connectivity index (χ1n) is 8.80. The van der Waals surface area contributed by atoms with Crippen LogP contribution in [0, 0.1) is 0 Å². The third-order valence-electron chi connectivity index (χ3n) is 4.50. The molecule has 27 heavy (non-hydrogen) atoms. The third-order valence-corrected chi connectivity index (χ3v) is 6.27. The minimum Gasteiger partial charge on any atom is -0.306 e. The Bertz CT molecular complexity index is 1040. The van der Waals surface area contributed by atoms with Crippen molar-refractivity contribution in [3.8, 4) is 16.9 Å². The fraction of sp³-hybridized carbons (Fsp3) is 0.200. The highest BCUT2D eigenvalue weighted by molar-refractivity contribution is 7.91. The average molecular weight is 380 g/mol. The summed E-state index contributed by atoms with van der Waals surface area (Å²) in [6, 6.07) is 19.7. The molecule has 1 aromatic heterocycles. The van der Waals surface area contributed by atoms with Crippen molar-refractivity contribution in [3.63, 3.8) is 0 Å². The van der Waals surface area contributed by atoms with Crippen LogP contribution in [0.15, 0.2) is 72.0 Å². The lowest BCUT2D eigenvalue weighted by Crippen LogP contribution is -2.25. The molecule has 4 rings (SSSR count). The van der Waals surface area contributed by atoms with Gasteiger partial charge in [-0.3, -0.25) is 0 Å². The molecule has 0 spiro atoms. The Hall–Kier alpha value is -2.93. The molecular formula is C20H20N4O2S. The number of aromatic nitrogens is 2. The molecule has 1 saturated heterocycles. The van der Waals surface area contributed by atoms with Crippen LogP contribution in [0.5, 0.6) is 0 Å². The summed E-state index contributed by atoms with van der Waals surface area (Å²) in [4.78, 5) is 0. The molecule has 1 atom stereocenters. The van der Waals surface area contributed by atoms with Crippen LogP contribution in [-0.2, 0) is 9.84 Å². The van der Waals surface area contributed by atoms with E-state index in [9.17, 15) is 8.42 Å². The number of hydrogen-bond donors (Lipinski definition) is 1. The van der Waals surface area contributed by atoms with Gasteiger partial charge in [-0.2, -0.15) is 10.2 Å². The molecule has 0 aliphatic carbocycles. The second-order valence-electron chi connectivity index (χ2n) is 6.57. The van der Waals surface area contributed by atoms with Crippen molar-refractivity contribution in [1.82, 2.24) is 15.2 Å². The molecule has 2 aromatic carbocycles. The molecule has 7 heteroatoms. The summed E-state index contributed by atoms with van der Waals surface area (Å²) >= 11 is 0. The largest absolute Gasteiger partial charge is 0.306 e. The van der Waals surface area contributed by atoms with E-state index in [4.69, 9.17) is 5.10 Å². The highest BCUT2D eigenvalue weighted by Gasteiger charge is 2.27. The van der Waals surface area contributed by atoms with Crippen LogP contribution in [0.1, 0.15) is 12.0 Å². The van der Waals surface area contributed by atoms with Crippen molar-refractivity contribution in [1.29, 1.82) is 0 Å². The summed E-state index contributed by atoms with van der Waals surface area (Å²) < 4.78 is 25.0. The van der Waals surface area contributed by atoms with Gasteiger partial charge in [-0.1, -0.05) is 48.5 Å². The maximum atomic E-state index is 11.6. The van der Waals surface area contributed by atoms with Gasteiger partial charge in [0.05, 0.1) is 29.4 Å². The van der Waals surface area contributed by atoms with Crippen molar-refractivity contribution in [2.45, 2.75) is 12.5 Å². The van der Waals surface area contributed by atoms with Crippen molar-refractivity contribution < 1.29 is 8.42 Å². The number of nitrogens with zero attached hydrogens (tertiary/aromatic N) is 3. The predicted molar refractivity (Wildman–Crippen MR) is 107 cm³/mol. The molecule has 3 aromatic rings. The molecule has 6 nitrogen and oxygen atoms in total. The Morgan fingerprint density at radius 2 is 1.78 bits per heavy atom. The van der Waals surface area contributed by atoms with Gasteiger partial charge in [0.15, 0.2) is 9.84 Å². The summed E-state index contributed by atoms with van der Waals surface area (Å²) in [5.41, 5.74) is 6.61. The van der Waals surface area contributed by atoms with Gasteiger partial charge in [-0.25, -0.2) is 13.1 Å². The standard InChI is InChI=1S/C20H20N4O2S/c25-27(26)12-11-18(15-27)22-21-13-17-14-24(19-9-5-2-6-10-19)23-20(17)16-7-3-1-4-8-16/h1-10,13-14,18,22H,11-12,15H2/b21-13+. The predicted octanol–water partition coefficient (Wildman–Crippen LogP) is 2.65. The van der Waals surface area contributed by atoms with Crippen LogP contribution in [0.2, 0.25) is 0 Å². The average Bonchev–Trinajstić information content (AvgIpc) is 3.26. The SMILES string of the molecule is O=S1(=O)CCC(N/N=C/c2cn(-c3ccccc3)nc2-c2ccccc2)C1. The van der Waals surface area contributed by atoms with Crippen molar-refractivity contribution in [3.05, 3.63) is 72.4 Å². The van der Waals surface area contributed by atoms with Crippen LogP contribution in [0.3, 0.4) is 0 Å². The monoisotopic (exact) mass is 380 g/mol. The van der Waals surface area contributed by atoms with Crippen molar-refractivity contribution in [2.24, 2.45) is 5.10 Å². The summed E-state index contributed by atoms with van der Waals surface area (Å²) in [5, 5.41) is 9.02. The van der Waals surface area contributed by atoms with E-state index in [-0.39, 0.29) is 17.5 Å². The minimum atomic E-state index is -2.93. The lowest BCUT2D eigenvalue weighted by molar-refractivity contribution is 0.578. The van der Waals surface area contributed by atoms with E-state index in [2.05, 4.69) is 10.5 Å². The normalized spacial score (nSPS) is 18.7. The van der Waals surface area contributed by atoms with Gasteiger partial charge >= 0.3 is 0 Å². The Morgan fingerprint density at radius 1 is 1.07 bits per heavy atom. The molecule has 0 bridgehead atoms. The van der Waals surface area contributed by atoms with Gasteiger partial charge in [0.1, 0.15) is 5.69 Å². The van der Waals surface area contributed by atoms with E-state index in [0.29, 0.717) is 6.42 Å². The molecular weight excluding hydrogens is 360 g/mol. The third kappa shape index (κ3) is 4.09. The highest BCUT2D eigenvalue weighted by Crippen LogP contribution is 2.22. The number of sulfone groups is 1. The second kappa shape index (κ2) is 7.36. The quantitative estimate of drug-likeness (QED) is 0.545. The topological polar surface area (TPSA) is 76.3 Å². The first-order chi connectivity index (χ1) is 13.1. The smallest absolute Gasteiger partial charge is 0.152 e. The summed E-state index contributed by atoms with van der Waals surface area (Å²) in [6.45, 7) is 0. The lowest BCUT2D eigenvalue weighted by atomic mass is 10.1. The number of hydrazone groups is 1. The number of hydrogen-bond acceptors (Lipinski definition) is 5. The summed E-state index contributed by atoms with van der Waals surface area (Å²) in [7, 11) is -2.93. The summed E-state index contributed by atoms with van der Waals surface area (Å²) in [5.74, 6) is 0.362. The van der Waals surface area contributed by atoms with E-state index in [1.54, 1.807) is 6.21 Å². The van der Waals surface area contributed by atoms with Crippen LogP contribution >= 0.6 is 0 Å². The second-order valence-corrected chi connectivity index (χ2v) is 8.80. The number of nitrogens with one attached hydrogen (secondary N) is 1. The Kier molecular flexibility index (Phi) is 4.77. The molecule has 0 saturated carbocycles. The zero-order chi connectivity index (χ0) is 18.7. The number of benzene rings is 2. The van der Waals surface area contributed by atoms with E-state index in [1.807, 2.05) is 71.5 Å². The Labute approximate surface area is 158 Å².